The molecule has 1 atom stereocenters. The van der Waals surface area contributed by atoms with Gasteiger partial charge in [0.15, 0.2) is 0 Å². The van der Waals surface area contributed by atoms with Crippen molar-refractivity contribution in [3.05, 3.63) is 73.4 Å². The smallest absolute Gasteiger partial charge is 0 e. The van der Waals surface area contributed by atoms with Gasteiger partial charge in [0.05, 0.1) is 15.9 Å². The van der Waals surface area contributed by atoms with Gasteiger partial charge in [-0.15, -0.1) is 0 Å². The van der Waals surface area contributed by atoms with Crippen LogP contribution in [0, 0.1) is 20.0 Å². The molecule has 0 amide bonds. The van der Waals surface area contributed by atoms with Crippen molar-refractivity contribution in [1.82, 2.24) is 0 Å². The van der Waals surface area contributed by atoms with E-state index in [2.05, 4.69) is 20.0 Å². The molecule has 0 fully saturated rings. The first-order valence-corrected chi connectivity index (χ1v) is 7.44. The quantitative estimate of drug-likeness (QED) is 0.449. The van der Waals surface area contributed by atoms with Gasteiger partial charge in [-0.1, -0.05) is 30.4 Å². The van der Waals surface area contributed by atoms with E-state index in [1.165, 1.54) is 0 Å². The summed E-state index contributed by atoms with van der Waals surface area (Å²) in [6.07, 6.45) is 5.45. The molecule has 0 bridgehead atoms. The van der Waals surface area contributed by atoms with Crippen molar-refractivity contribution in [2.45, 2.75) is 17.4 Å². The van der Waals surface area contributed by atoms with Crippen molar-refractivity contribution < 1.29 is 44.2 Å². The van der Waals surface area contributed by atoms with Gasteiger partial charge >= 0.3 is 33.9 Å². The fraction of sp³-hybridized carbons (Fsp3) is 0.188. The van der Waals surface area contributed by atoms with Crippen molar-refractivity contribution in [1.29, 1.82) is 0 Å². The minimum Gasteiger partial charge on any atom is 0 e. The van der Waals surface area contributed by atoms with Crippen molar-refractivity contribution in [3.63, 3.8) is 0 Å². The Hall–Kier alpha value is -1.65. The molecule has 1 aromatic rings. The van der Waals surface area contributed by atoms with E-state index in [0.717, 1.165) is 0 Å². The number of rotatable bonds is 3. The molecule has 0 saturated heterocycles. The number of allylic oxidation sites excluding steroid dienone is 2. The monoisotopic (exact) mass is 390 g/mol. The third-order valence-electron chi connectivity index (χ3n) is 2.71. The normalized spacial score (nSPS) is 14.5. The zero-order chi connectivity index (χ0) is 18.3. The molecule has 0 radical (unpaired) electrons. The first-order chi connectivity index (χ1) is 11.1. The van der Waals surface area contributed by atoms with Gasteiger partial charge in [-0.05, 0) is 18.2 Å². The molecular weight excluding hydrogens is 376 g/mol. The Morgan fingerprint density at radius 2 is 1.54 bits per heavy atom. The Kier molecular flexibility index (Phi) is 18.4. The van der Waals surface area contributed by atoms with Gasteiger partial charge in [0.1, 0.15) is 0 Å². The molecule has 0 heterocycles. The molecule has 24 heavy (non-hydrogen) atoms. The zero-order valence-corrected chi connectivity index (χ0v) is 14.5. The summed E-state index contributed by atoms with van der Waals surface area (Å²) in [7, 11) is -1.80. The topological polar surface area (TPSA) is 103 Å². The van der Waals surface area contributed by atoms with Gasteiger partial charge in [-0.2, -0.15) is 0 Å². The van der Waals surface area contributed by atoms with E-state index < -0.39 is 9.84 Å². The van der Waals surface area contributed by atoms with E-state index in [0.29, 0.717) is 16.2 Å². The number of hydrogen-bond acceptors (Lipinski definition) is 3. The second kappa shape index (κ2) is 16.2. The number of benzene rings is 1. The SMILES string of the molecule is COC1C=CC=C(S(=O)(=O)c2ccccc2)C1.[C-]#[O+].[C-]#[O+].[C-]#[O+].[Fe]. The van der Waals surface area contributed by atoms with Crippen LogP contribution in [-0.2, 0) is 45.6 Å². The number of ether oxygens (including phenoxy) is 1. The summed E-state index contributed by atoms with van der Waals surface area (Å²) in [5.74, 6) is 0. The minimum absolute atomic E-state index is 0. The van der Waals surface area contributed by atoms with Gasteiger partial charge in [0.25, 0.3) is 0 Å². The average Bonchev–Trinajstić information content (AvgIpc) is 2.67. The molecule has 2 rings (SSSR count). The van der Waals surface area contributed by atoms with Crippen LogP contribution < -0.4 is 0 Å². The van der Waals surface area contributed by atoms with Crippen LogP contribution in [0.3, 0.4) is 0 Å². The van der Waals surface area contributed by atoms with E-state index >= 15 is 0 Å². The zero-order valence-electron chi connectivity index (χ0n) is 12.6. The van der Waals surface area contributed by atoms with Gasteiger partial charge in [-0.3, -0.25) is 0 Å². The van der Waals surface area contributed by atoms with E-state index in [4.69, 9.17) is 18.7 Å². The minimum atomic E-state index is -3.38. The summed E-state index contributed by atoms with van der Waals surface area (Å²) in [5.41, 5.74) is 0. The molecule has 6 nitrogen and oxygen atoms in total. The predicted molar refractivity (Wildman–Crippen MR) is 78.1 cm³/mol. The van der Waals surface area contributed by atoms with Gasteiger partial charge in [0.2, 0.25) is 9.84 Å². The first kappa shape index (κ1) is 27.2. The fourth-order valence-corrected chi connectivity index (χ4v) is 3.19. The molecule has 0 aliphatic heterocycles. The third-order valence-corrected chi connectivity index (χ3v) is 4.60. The van der Waals surface area contributed by atoms with Crippen LogP contribution in [0.4, 0.5) is 0 Å². The van der Waals surface area contributed by atoms with Crippen LogP contribution in [-0.4, -0.2) is 21.6 Å². The molecule has 128 valence electrons. The van der Waals surface area contributed by atoms with Crippen LogP contribution >= 0.6 is 0 Å². The Bertz CT molecular complexity index is 657. The van der Waals surface area contributed by atoms with Gasteiger partial charge in [-0.25, -0.2) is 8.42 Å². The molecule has 0 aromatic heterocycles. The van der Waals surface area contributed by atoms with Crippen molar-refractivity contribution >= 4 is 9.84 Å². The Morgan fingerprint density at radius 3 is 2.00 bits per heavy atom. The number of methoxy groups -OCH3 is 1. The second-order valence-corrected chi connectivity index (χ2v) is 5.82. The molecule has 1 aliphatic carbocycles. The predicted octanol–water partition coefficient (Wildman–Crippen LogP) is 2.20. The molecule has 0 spiro atoms. The summed E-state index contributed by atoms with van der Waals surface area (Å²) in [6.45, 7) is 13.5. The number of hydrogen-bond donors (Lipinski definition) is 0. The Labute approximate surface area is 152 Å². The van der Waals surface area contributed by atoms with Crippen LogP contribution in [0.5, 0.6) is 0 Å². The molecule has 0 N–H and O–H groups in total. The van der Waals surface area contributed by atoms with E-state index in [1.54, 1.807) is 49.6 Å². The standard InChI is InChI=1S/C13H14O3S.3CO.Fe/c1-16-11-6-5-9-13(10-11)17(14,15)12-7-3-2-4-8-12;3*1-2;/h2-9,11H,10H2,1H3;;;;. The molecule has 1 aromatic carbocycles. The van der Waals surface area contributed by atoms with Crippen LogP contribution in [0.2, 0.25) is 0 Å². The van der Waals surface area contributed by atoms with Crippen LogP contribution in [0.25, 0.3) is 0 Å². The second-order valence-electron chi connectivity index (χ2n) is 3.81. The summed E-state index contributed by atoms with van der Waals surface area (Å²) in [5, 5.41) is 0. The molecule has 1 aliphatic rings. The van der Waals surface area contributed by atoms with E-state index in [9.17, 15) is 8.42 Å². The maximum absolute atomic E-state index is 12.3. The van der Waals surface area contributed by atoms with E-state index in [1.807, 2.05) is 6.08 Å². The third kappa shape index (κ3) is 8.27. The molecular formula is C16H14FeO6S. The first-order valence-electron chi connectivity index (χ1n) is 5.96. The Morgan fingerprint density at radius 1 is 1.04 bits per heavy atom. The molecule has 1 unspecified atom stereocenters. The van der Waals surface area contributed by atoms with Crippen LogP contribution in [0.15, 0.2) is 58.4 Å². The fourth-order valence-electron chi connectivity index (χ4n) is 1.73. The van der Waals surface area contributed by atoms with Crippen molar-refractivity contribution in [2.75, 3.05) is 7.11 Å². The van der Waals surface area contributed by atoms with E-state index in [-0.39, 0.29) is 23.2 Å². The summed E-state index contributed by atoms with van der Waals surface area (Å²) < 4.78 is 52.2. The van der Waals surface area contributed by atoms with Crippen molar-refractivity contribution in [2.24, 2.45) is 0 Å². The van der Waals surface area contributed by atoms with Crippen LogP contribution in [0.1, 0.15) is 6.42 Å². The summed E-state index contributed by atoms with van der Waals surface area (Å²) in [4.78, 5) is 0.731. The number of sulfone groups is 1. The maximum atomic E-state index is 12.3. The van der Waals surface area contributed by atoms with Crippen molar-refractivity contribution in [3.8, 4) is 0 Å². The molecule has 0 saturated carbocycles. The largest absolute Gasteiger partial charge is 0 e. The Balaban J connectivity index is -0.000000569. The van der Waals surface area contributed by atoms with Gasteiger partial charge < -0.3 is 4.74 Å². The average molecular weight is 390 g/mol. The van der Waals surface area contributed by atoms with Gasteiger partial charge in [0, 0.05) is 30.6 Å². The summed E-state index contributed by atoms with van der Waals surface area (Å²) in [6, 6.07) is 8.46. The maximum Gasteiger partial charge on any atom is 0 e. The summed E-state index contributed by atoms with van der Waals surface area (Å²) >= 11 is 0. The molecule has 8 heteroatoms.